The van der Waals surface area contributed by atoms with E-state index in [9.17, 15) is 14.0 Å². The summed E-state index contributed by atoms with van der Waals surface area (Å²) >= 11 is 1.83. The molecule has 3 N–H and O–H groups in total. The van der Waals surface area contributed by atoms with Crippen LogP contribution in [0.4, 0.5) is 4.39 Å². The summed E-state index contributed by atoms with van der Waals surface area (Å²) in [5, 5.41) is 2.93. The lowest BCUT2D eigenvalue weighted by Gasteiger charge is -2.19. The second-order valence-corrected chi connectivity index (χ2v) is 9.82. The first-order chi connectivity index (χ1) is 16.0. The maximum absolute atomic E-state index is 13.3. The number of rotatable bonds is 4. The van der Waals surface area contributed by atoms with Gasteiger partial charge in [0.2, 0.25) is 11.8 Å². The molecule has 0 radical (unpaired) electrons. The fourth-order valence-electron chi connectivity index (χ4n) is 4.18. The first kappa shape index (κ1) is 23.3. The van der Waals surface area contributed by atoms with Crippen molar-refractivity contribution in [1.29, 1.82) is 0 Å². The van der Waals surface area contributed by atoms with Crippen molar-refractivity contribution in [1.82, 2.24) is 5.32 Å². The Hall–Kier alpha value is -2.86. The van der Waals surface area contributed by atoms with Gasteiger partial charge in [-0.2, -0.15) is 0 Å². The van der Waals surface area contributed by atoms with Crippen molar-refractivity contribution in [3.05, 3.63) is 77.1 Å². The van der Waals surface area contributed by atoms with E-state index in [-0.39, 0.29) is 17.6 Å². The number of benzene rings is 2. The number of nitrogens with one attached hydrogen (secondary N) is 1. The van der Waals surface area contributed by atoms with E-state index < -0.39 is 0 Å². The van der Waals surface area contributed by atoms with Gasteiger partial charge in [-0.25, -0.2) is 4.39 Å². The summed E-state index contributed by atoms with van der Waals surface area (Å²) in [5.74, 6) is 1.07. The highest BCUT2D eigenvalue weighted by Crippen LogP contribution is 2.36. The molecule has 0 unspecified atom stereocenters. The molecule has 172 valence electrons. The number of hydrogen-bond acceptors (Lipinski definition) is 3. The molecule has 6 heteroatoms. The summed E-state index contributed by atoms with van der Waals surface area (Å²) in [7, 11) is 0. The number of hydrogen-bond donors (Lipinski definition) is 2. The van der Waals surface area contributed by atoms with E-state index in [1.165, 1.54) is 23.8 Å². The molecule has 1 aliphatic heterocycles. The van der Waals surface area contributed by atoms with Crippen molar-refractivity contribution in [2.24, 2.45) is 11.7 Å². The highest BCUT2D eigenvalue weighted by Gasteiger charge is 2.22. The van der Waals surface area contributed by atoms with Crippen LogP contribution in [0.15, 0.2) is 59.5 Å². The first-order valence-corrected chi connectivity index (χ1v) is 12.5. The maximum Gasteiger partial charge on any atom is 0.244 e. The molecule has 5 rings (SSSR count). The third-order valence-corrected chi connectivity index (χ3v) is 7.13. The molecule has 0 spiro atoms. The Morgan fingerprint density at radius 1 is 1.03 bits per heavy atom. The highest BCUT2D eigenvalue weighted by atomic mass is 32.2. The van der Waals surface area contributed by atoms with Gasteiger partial charge in [-0.1, -0.05) is 24.3 Å². The molecular weight excluding hydrogens is 435 g/mol. The lowest BCUT2D eigenvalue weighted by Crippen LogP contribution is -2.24. The molecule has 33 heavy (non-hydrogen) atoms. The summed E-state index contributed by atoms with van der Waals surface area (Å²) in [5.41, 5.74) is 10.4. The quantitative estimate of drug-likeness (QED) is 0.617. The number of thioether (sulfide) groups is 1. The van der Waals surface area contributed by atoms with Crippen LogP contribution >= 0.6 is 11.8 Å². The Morgan fingerprint density at radius 3 is 2.61 bits per heavy atom. The number of allylic oxidation sites excluding steroid dienone is 2. The van der Waals surface area contributed by atoms with E-state index in [0.717, 1.165) is 65.8 Å². The summed E-state index contributed by atoms with van der Waals surface area (Å²) < 4.78 is 13.3. The first-order valence-electron chi connectivity index (χ1n) is 11.5. The van der Waals surface area contributed by atoms with Crippen LogP contribution in [0.5, 0.6) is 0 Å². The molecule has 2 aromatic carbocycles. The third kappa shape index (κ3) is 6.57. The van der Waals surface area contributed by atoms with E-state index in [4.69, 9.17) is 5.73 Å². The van der Waals surface area contributed by atoms with E-state index in [2.05, 4.69) is 11.4 Å². The van der Waals surface area contributed by atoms with Crippen LogP contribution in [0, 0.1) is 11.7 Å². The summed E-state index contributed by atoms with van der Waals surface area (Å²) in [4.78, 5) is 23.9. The van der Waals surface area contributed by atoms with E-state index in [1.54, 1.807) is 18.2 Å². The number of fused-ring (bicyclic) bond motifs is 2. The average Bonchev–Trinajstić information content (AvgIpc) is 3.63. The summed E-state index contributed by atoms with van der Waals surface area (Å²) in [6, 6.07) is 13.0. The number of carbonyl (C=O) groups is 2. The van der Waals surface area contributed by atoms with Crippen LogP contribution in [-0.4, -0.2) is 24.1 Å². The Morgan fingerprint density at radius 2 is 1.82 bits per heavy atom. The number of carbonyl (C=O) groups excluding carboxylic acids is 2. The van der Waals surface area contributed by atoms with Crippen molar-refractivity contribution in [3.63, 3.8) is 0 Å². The molecular formula is C27H29FN2O2S. The van der Waals surface area contributed by atoms with Gasteiger partial charge in [0.05, 0.1) is 0 Å². The fourth-order valence-corrected chi connectivity index (χ4v) is 5.25. The minimum Gasteiger partial charge on any atom is -0.366 e. The zero-order chi connectivity index (χ0) is 23.2. The van der Waals surface area contributed by atoms with E-state index in [1.807, 2.05) is 36.0 Å². The van der Waals surface area contributed by atoms with Crippen molar-refractivity contribution in [2.75, 3.05) is 12.3 Å². The second-order valence-electron chi connectivity index (χ2n) is 8.68. The van der Waals surface area contributed by atoms with Crippen LogP contribution < -0.4 is 11.1 Å². The number of amides is 2. The zero-order valence-electron chi connectivity index (χ0n) is 18.6. The van der Waals surface area contributed by atoms with Crippen LogP contribution in [0.2, 0.25) is 0 Å². The highest BCUT2D eigenvalue weighted by molar-refractivity contribution is 7.99. The standard InChI is InChI=1S/C16H18FNO.C11H11NOS/c17-14-7-6-12-2-1-3-13(15(12)9-14)8-16(19)18-10-11-4-5-11;12-11(13)7-8-5-6-14-10-4-2-1-3-9(8)10/h6-9,11H,1-5,10H2,(H,18,19);1-4,7H,5-6H2,(H2,12,13)/b13-8+;8-7+. The Kier molecular flexibility index (Phi) is 7.65. The van der Waals surface area contributed by atoms with Crippen LogP contribution in [0.25, 0.3) is 11.1 Å². The Bertz CT molecular complexity index is 1110. The lowest BCUT2D eigenvalue weighted by molar-refractivity contribution is -0.116. The van der Waals surface area contributed by atoms with E-state index >= 15 is 0 Å². The smallest absolute Gasteiger partial charge is 0.244 e. The van der Waals surface area contributed by atoms with Crippen LogP contribution in [0.1, 0.15) is 48.8 Å². The van der Waals surface area contributed by atoms with Gasteiger partial charge in [-0.05, 0) is 90.5 Å². The molecule has 2 amide bonds. The van der Waals surface area contributed by atoms with Gasteiger partial charge >= 0.3 is 0 Å². The minimum atomic E-state index is -0.360. The molecule has 0 saturated heterocycles. The molecule has 1 saturated carbocycles. The molecule has 0 aromatic heterocycles. The number of halogens is 1. The summed E-state index contributed by atoms with van der Waals surface area (Å²) in [6.07, 6.45) is 9.42. The van der Waals surface area contributed by atoms with Crippen LogP contribution in [0.3, 0.4) is 0 Å². The van der Waals surface area contributed by atoms with Gasteiger partial charge in [-0.15, -0.1) is 11.8 Å². The molecule has 1 fully saturated rings. The maximum atomic E-state index is 13.3. The molecule has 2 aliphatic carbocycles. The Labute approximate surface area is 198 Å². The molecule has 0 bridgehead atoms. The van der Waals surface area contributed by atoms with Gasteiger partial charge in [0.15, 0.2) is 0 Å². The topological polar surface area (TPSA) is 72.2 Å². The molecule has 3 aliphatic rings. The molecule has 1 heterocycles. The van der Waals surface area contributed by atoms with Crippen molar-refractivity contribution in [2.45, 2.75) is 43.4 Å². The van der Waals surface area contributed by atoms with Crippen molar-refractivity contribution >= 4 is 34.7 Å². The Balaban J connectivity index is 0.000000165. The van der Waals surface area contributed by atoms with Gasteiger partial charge in [0.1, 0.15) is 5.82 Å². The monoisotopic (exact) mass is 464 g/mol. The van der Waals surface area contributed by atoms with E-state index in [0.29, 0.717) is 5.92 Å². The number of primary amides is 1. The zero-order valence-corrected chi connectivity index (χ0v) is 19.4. The molecule has 4 nitrogen and oxygen atoms in total. The predicted octanol–water partition coefficient (Wildman–Crippen LogP) is 5.12. The van der Waals surface area contributed by atoms with Gasteiger partial charge in [0.25, 0.3) is 0 Å². The van der Waals surface area contributed by atoms with Gasteiger partial charge in [0, 0.05) is 29.3 Å². The fraction of sp³-hybridized carbons (Fsp3) is 0.333. The number of aryl methyl sites for hydroxylation is 1. The molecule has 2 aromatic rings. The third-order valence-electron chi connectivity index (χ3n) is 6.06. The van der Waals surface area contributed by atoms with Crippen molar-refractivity contribution < 1.29 is 14.0 Å². The number of nitrogens with two attached hydrogens (primary N) is 1. The SMILES string of the molecule is NC(=O)/C=C1\CCSc2ccccc21.O=C(/C=C1\CCCc2ccc(F)cc21)NCC1CC1. The second kappa shape index (κ2) is 10.8. The van der Waals surface area contributed by atoms with Crippen LogP contribution in [-0.2, 0) is 16.0 Å². The summed E-state index contributed by atoms with van der Waals surface area (Å²) in [6.45, 7) is 0.776. The van der Waals surface area contributed by atoms with Gasteiger partial charge < -0.3 is 11.1 Å². The minimum absolute atomic E-state index is 0.0426. The lowest BCUT2D eigenvalue weighted by atomic mass is 9.87. The largest absolute Gasteiger partial charge is 0.366 e. The predicted molar refractivity (Wildman–Crippen MR) is 132 cm³/mol. The normalized spacial score (nSPS) is 19.2. The van der Waals surface area contributed by atoms with Crippen molar-refractivity contribution in [3.8, 4) is 0 Å². The van der Waals surface area contributed by atoms with Gasteiger partial charge in [-0.3, -0.25) is 9.59 Å². The molecule has 0 atom stereocenters. The average molecular weight is 465 g/mol.